The highest BCUT2D eigenvalue weighted by atomic mass is 16.5. The summed E-state index contributed by atoms with van der Waals surface area (Å²) in [5.74, 6) is 0.946. The molecular formula is C32H48N2O7. The Kier molecular flexibility index (Phi) is 13.2. The van der Waals surface area contributed by atoms with E-state index in [0.717, 1.165) is 61.6 Å². The summed E-state index contributed by atoms with van der Waals surface area (Å²) in [7, 11) is 3.44. The van der Waals surface area contributed by atoms with Crippen molar-refractivity contribution in [3.05, 3.63) is 59.2 Å². The molecule has 2 aliphatic heterocycles. The fourth-order valence-electron chi connectivity index (χ4n) is 5.45. The summed E-state index contributed by atoms with van der Waals surface area (Å²) in [4.78, 5) is 2.37. The first kappa shape index (κ1) is 31.7. The van der Waals surface area contributed by atoms with Crippen molar-refractivity contribution in [3.63, 3.8) is 0 Å². The molecule has 0 saturated carbocycles. The van der Waals surface area contributed by atoms with Crippen molar-refractivity contribution >= 4 is 5.69 Å². The molecule has 1 unspecified atom stereocenters. The standard InChI is InChI=1S/C32H48N2O7/c1-24(35)21-40-30-19-33-20-31(32(30)27-9-6-25(7-10-27)22-38-16-5-15-37-3)41-23-26-8-11-29-28(18-26)34(13-17-39-29)12-4-14-36-2/h6-11,18,24,30-33,35H,4-5,12-17,19-23H2,1-3H3/t24?,30-,31+,32+/m1/s1. The van der Waals surface area contributed by atoms with Crippen molar-refractivity contribution < 1.29 is 33.5 Å². The van der Waals surface area contributed by atoms with Gasteiger partial charge in [-0.05, 0) is 48.6 Å². The Balaban J connectivity index is 1.44. The lowest BCUT2D eigenvalue weighted by molar-refractivity contribution is -0.0752. The SMILES string of the molecule is COCCCOCc1ccc([C@@H]2[C@@H](OCc3ccc4c(c3)N(CCCOC)CCO4)CNC[C@H]2OCC(C)O)cc1. The monoisotopic (exact) mass is 572 g/mol. The number of aliphatic hydroxyl groups is 1. The third kappa shape index (κ3) is 9.64. The maximum Gasteiger partial charge on any atom is 0.142 e. The summed E-state index contributed by atoms with van der Waals surface area (Å²) < 4.78 is 34.9. The Hall–Kier alpha value is -2.24. The van der Waals surface area contributed by atoms with Gasteiger partial charge in [0.2, 0.25) is 0 Å². The van der Waals surface area contributed by atoms with Crippen LogP contribution in [0.1, 0.15) is 42.4 Å². The fourth-order valence-corrected chi connectivity index (χ4v) is 5.45. The number of benzene rings is 2. The smallest absolute Gasteiger partial charge is 0.142 e. The third-order valence-electron chi connectivity index (χ3n) is 7.54. The maximum absolute atomic E-state index is 9.90. The van der Waals surface area contributed by atoms with E-state index in [1.54, 1.807) is 21.1 Å². The summed E-state index contributed by atoms with van der Waals surface area (Å²) in [6.45, 7) is 9.13. The van der Waals surface area contributed by atoms with Crippen LogP contribution in [0.15, 0.2) is 42.5 Å². The molecule has 9 nitrogen and oxygen atoms in total. The summed E-state index contributed by atoms with van der Waals surface area (Å²) in [5, 5.41) is 13.4. The van der Waals surface area contributed by atoms with Gasteiger partial charge in [0, 0.05) is 59.6 Å². The molecule has 228 valence electrons. The second-order valence-corrected chi connectivity index (χ2v) is 10.9. The van der Waals surface area contributed by atoms with Crippen LogP contribution in [0, 0.1) is 0 Å². The van der Waals surface area contributed by atoms with Crippen molar-refractivity contribution in [1.82, 2.24) is 5.32 Å². The van der Waals surface area contributed by atoms with Crippen LogP contribution in [-0.2, 0) is 36.9 Å². The Morgan fingerprint density at radius 1 is 0.927 bits per heavy atom. The van der Waals surface area contributed by atoms with Crippen LogP contribution in [0.2, 0.25) is 0 Å². The van der Waals surface area contributed by atoms with Gasteiger partial charge in [-0.1, -0.05) is 30.3 Å². The molecule has 0 spiro atoms. The van der Waals surface area contributed by atoms with Crippen molar-refractivity contribution in [2.45, 2.75) is 57.2 Å². The molecule has 4 rings (SSSR count). The molecule has 9 heteroatoms. The zero-order chi connectivity index (χ0) is 28.9. The zero-order valence-corrected chi connectivity index (χ0v) is 24.9. The van der Waals surface area contributed by atoms with E-state index in [1.807, 2.05) is 0 Å². The Bertz CT molecular complexity index is 1020. The van der Waals surface area contributed by atoms with Gasteiger partial charge in [0.05, 0.1) is 50.4 Å². The molecule has 1 saturated heterocycles. The number of nitrogens with one attached hydrogen (secondary N) is 1. The average molecular weight is 573 g/mol. The van der Waals surface area contributed by atoms with E-state index in [1.165, 1.54) is 5.56 Å². The maximum atomic E-state index is 9.90. The van der Waals surface area contributed by atoms with Gasteiger partial charge in [0.15, 0.2) is 0 Å². The van der Waals surface area contributed by atoms with Crippen molar-refractivity contribution in [2.24, 2.45) is 0 Å². The quantitative estimate of drug-likeness (QED) is 0.276. The largest absolute Gasteiger partial charge is 0.490 e. The van der Waals surface area contributed by atoms with Gasteiger partial charge in [0.1, 0.15) is 12.4 Å². The van der Waals surface area contributed by atoms with Gasteiger partial charge in [-0.25, -0.2) is 0 Å². The van der Waals surface area contributed by atoms with E-state index >= 15 is 0 Å². The molecule has 1 fully saturated rings. The molecular weight excluding hydrogens is 524 g/mol. The van der Waals surface area contributed by atoms with E-state index in [9.17, 15) is 5.11 Å². The highest BCUT2D eigenvalue weighted by Gasteiger charge is 2.36. The van der Waals surface area contributed by atoms with Crippen molar-refractivity contribution in [1.29, 1.82) is 0 Å². The number of ether oxygens (including phenoxy) is 6. The van der Waals surface area contributed by atoms with Crippen LogP contribution in [0.3, 0.4) is 0 Å². The van der Waals surface area contributed by atoms with Gasteiger partial charge < -0.3 is 43.7 Å². The first-order chi connectivity index (χ1) is 20.1. The highest BCUT2D eigenvalue weighted by Crippen LogP contribution is 2.34. The van der Waals surface area contributed by atoms with Gasteiger partial charge in [-0.3, -0.25) is 0 Å². The Labute approximate surface area is 245 Å². The van der Waals surface area contributed by atoms with Crippen LogP contribution in [0.5, 0.6) is 5.75 Å². The number of nitrogens with zero attached hydrogens (tertiary/aromatic N) is 1. The third-order valence-corrected chi connectivity index (χ3v) is 7.54. The summed E-state index contributed by atoms with van der Waals surface area (Å²) in [6.07, 6.45) is 1.11. The molecule has 41 heavy (non-hydrogen) atoms. The van der Waals surface area contributed by atoms with E-state index in [4.69, 9.17) is 28.4 Å². The molecule has 0 aromatic heterocycles. The number of fused-ring (bicyclic) bond motifs is 1. The van der Waals surface area contributed by atoms with Crippen molar-refractivity contribution in [3.8, 4) is 5.75 Å². The molecule has 4 atom stereocenters. The fraction of sp³-hybridized carbons (Fsp3) is 0.625. The van der Waals surface area contributed by atoms with Crippen LogP contribution >= 0.6 is 0 Å². The zero-order valence-electron chi connectivity index (χ0n) is 24.9. The Morgan fingerprint density at radius 3 is 2.41 bits per heavy atom. The van der Waals surface area contributed by atoms with Crippen LogP contribution in [-0.4, -0.2) is 96.9 Å². The minimum Gasteiger partial charge on any atom is -0.490 e. The summed E-state index contributed by atoms with van der Waals surface area (Å²) >= 11 is 0. The number of piperidine rings is 1. The molecule has 0 amide bonds. The van der Waals surface area contributed by atoms with Gasteiger partial charge in [-0.15, -0.1) is 0 Å². The van der Waals surface area contributed by atoms with Gasteiger partial charge >= 0.3 is 0 Å². The second kappa shape index (κ2) is 17.0. The van der Waals surface area contributed by atoms with E-state index < -0.39 is 6.10 Å². The molecule has 0 aliphatic carbocycles. The molecule has 2 aromatic rings. The number of hydrogen-bond donors (Lipinski definition) is 2. The van der Waals surface area contributed by atoms with E-state index in [-0.39, 0.29) is 24.7 Å². The average Bonchev–Trinajstić information content (AvgIpc) is 2.99. The molecule has 0 radical (unpaired) electrons. The van der Waals surface area contributed by atoms with Gasteiger partial charge in [0.25, 0.3) is 0 Å². The number of methoxy groups -OCH3 is 2. The lowest BCUT2D eigenvalue weighted by Gasteiger charge is -2.39. The van der Waals surface area contributed by atoms with Crippen molar-refractivity contribution in [2.75, 3.05) is 78.3 Å². The number of aliphatic hydroxyl groups excluding tert-OH is 1. The summed E-state index contributed by atoms with van der Waals surface area (Å²) in [6, 6.07) is 14.9. The van der Waals surface area contributed by atoms with Crippen LogP contribution in [0.4, 0.5) is 5.69 Å². The minimum atomic E-state index is -0.529. The predicted molar refractivity (Wildman–Crippen MR) is 159 cm³/mol. The first-order valence-electron chi connectivity index (χ1n) is 14.9. The number of anilines is 1. The summed E-state index contributed by atoms with van der Waals surface area (Å²) in [5.41, 5.74) is 4.52. The number of hydrogen-bond acceptors (Lipinski definition) is 9. The minimum absolute atomic E-state index is 0.0261. The van der Waals surface area contributed by atoms with Crippen LogP contribution in [0.25, 0.3) is 0 Å². The lowest BCUT2D eigenvalue weighted by Crippen LogP contribution is -2.51. The molecule has 2 N–H and O–H groups in total. The van der Waals surface area contributed by atoms with Gasteiger partial charge in [-0.2, -0.15) is 0 Å². The molecule has 2 aliphatic rings. The molecule has 2 heterocycles. The number of rotatable bonds is 17. The normalized spacial score (nSPS) is 21.4. The molecule has 0 bridgehead atoms. The lowest BCUT2D eigenvalue weighted by atomic mass is 9.85. The molecule has 2 aromatic carbocycles. The topological polar surface area (TPSA) is 90.9 Å². The van der Waals surface area contributed by atoms with E-state index in [2.05, 4.69) is 52.7 Å². The second-order valence-electron chi connectivity index (χ2n) is 10.9. The Morgan fingerprint density at radius 2 is 1.66 bits per heavy atom. The highest BCUT2D eigenvalue weighted by molar-refractivity contribution is 5.61. The predicted octanol–water partition coefficient (Wildman–Crippen LogP) is 3.51. The van der Waals surface area contributed by atoms with E-state index in [0.29, 0.717) is 39.6 Å². The van der Waals surface area contributed by atoms with Crippen LogP contribution < -0.4 is 15.0 Å². The first-order valence-corrected chi connectivity index (χ1v) is 14.9.